The van der Waals surface area contributed by atoms with Crippen LogP contribution in [-0.4, -0.2) is 19.3 Å². The average Bonchev–Trinajstić information content (AvgIpc) is 2.28. The van der Waals surface area contributed by atoms with Crippen molar-refractivity contribution in [2.75, 3.05) is 14.2 Å². The van der Waals surface area contributed by atoms with Gasteiger partial charge in [-0.2, -0.15) is 0 Å². The summed E-state index contributed by atoms with van der Waals surface area (Å²) in [6, 6.07) is 0. The Hall–Kier alpha value is -1.06. The third kappa shape index (κ3) is 2.20. The van der Waals surface area contributed by atoms with E-state index >= 15 is 0 Å². The molecule has 1 aromatic rings. The zero-order chi connectivity index (χ0) is 12.3. The molecule has 16 heavy (non-hydrogen) atoms. The highest BCUT2D eigenvalue weighted by Crippen LogP contribution is 2.33. The van der Waals surface area contributed by atoms with Crippen LogP contribution >= 0.6 is 0 Å². The normalized spacial score (nSPS) is 10.8. The van der Waals surface area contributed by atoms with Gasteiger partial charge in [0, 0.05) is 25.3 Å². The number of rotatable bonds is 4. The van der Waals surface area contributed by atoms with Gasteiger partial charge in [0.1, 0.15) is 5.75 Å². The highest BCUT2D eigenvalue weighted by molar-refractivity contribution is 5.53. The maximum Gasteiger partial charge on any atom is 0.127 e. The number of phenols is 1. The first-order valence-corrected chi connectivity index (χ1v) is 5.32. The van der Waals surface area contributed by atoms with E-state index in [2.05, 4.69) is 6.92 Å². The fraction of sp³-hybridized carbons (Fsp3) is 0.538. The van der Waals surface area contributed by atoms with Gasteiger partial charge in [0.05, 0.1) is 13.2 Å². The van der Waals surface area contributed by atoms with Crippen molar-refractivity contribution in [3.05, 3.63) is 27.8 Å². The lowest BCUT2D eigenvalue weighted by molar-refractivity contribution is 0.173. The van der Waals surface area contributed by atoms with Gasteiger partial charge >= 0.3 is 0 Å². The highest BCUT2D eigenvalue weighted by atomic mass is 16.5. The molecule has 90 valence electrons. The second kappa shape index (κ2) is 5.32. The number of methoxy groups -OCH3 is 2. The number of hydrogen-bond donors (Lipinski definition) is 1. The fourth-order valence-corrected chi connectivity index (χ4v) is 1.91. The van der Waals surface area contributed by atoms with Gasteiger partial charge in [-0.25, -0.2) is 0 Å². The first kappa shape index (κ1) is 13.0. The molecule has 0 amide bonds. The molecule has 0 spiro atoms. The Morgan fingerprint density at radius 1 is 0.812 bits per heavy atom. The van der Waals surface area contributed by atoms with Gasteiger partial charge in [0.2, 0.25) is 0 Å². The predicted molar refractivity (Wildman–Crippen MR) is 63.7 cm³/mol. The van der Waals surface area contributed by atoms with Crippen LogP contribution in [0.4, 0.5) is 0 Å². The third-order valence-corrected chi connectivity index (χ3v) is 3.18. The van der Waals surface area contributed by atoms with Gasteiger partial charge in [0.25, 0.3) is 0 Å². The molecule has 0 bridgehead atoms. The first-order chi connectivity index (χ1) is 7.54. The smallest absolute Gasteiger partial charge is 0.127 e. The van der Waals surface area contributed by atoms with Crippen molar-refractivity contribution in [2.45, 2.75) is 34.0 Å². The monoisotopic (exact) mass is 224 g/mol. The molecule has 0 aliphatic rings. The molecule has 3 nitrogen and oxygen atoms in total. The van der Waals surface area contributed by atoms with Crippen LogP contribution in [-0.2, 0) is 22.7 Å². The first-order valence-electron chi connectivity index (χ1n) is 5.32. The summed E-state index contributed by atoms with van der Waals surface area (Å²) in [5.74, 6) is 0.310. The summed E-state index contributed by atoms with van der Waals surface area (Å²) in [7, 11) is 3.26. The van der Waals surface area contributed by atoms with Crippen LogP contribution < -0.4 is 0 Å². The average molecular weight is 224 g/mol. The number of ether oxygens (including phenoxy) is 2. The van der Waals surface area contributed by atoms with Crippen molar-refractivity contribution < 1.29 is 14.6 Å². The summed E-state index contributed by atoms with van der Waals surface area (Å²) < 4.78 is 10.2. The molecule has 1 aromatic carbocycles. The lowest BCUT2D eigenvalue weighted by Gasteiger charge is -2.18. The van der Waals surface area contributed by atoms with Crippen molar-refractivity contribution in [1.29, 1.82) is 0 Å². The molecule has 1 N–H and O–H groups in total. The minimum Gasteiger partial charge on any atom is -0.507 e. The van der Waals surface area contributed by atoms with Gasteiger partial charge in [-0.3, -0.25) is 0 Å². The zero-order valence-electron chi connectivity index (χ0n) is 10.7. The van der Waals surface area contributed by atoms with Crippen LogP contribution in [0.25, 0.3) is 0 Å². The second-order valence-corrected chi connectivity index (χ2v) is 4.05. The molecular formula is C13H20O3. The molecular weight excluding hydrogens is 204 g/mol. The van der Waals surface area contributed by atoms with Gasteiger partial charge < -0.3 is 14.6 Å². The summed E-state index contributed by atoms with van der Waals surface area (Å²) in [5, 5.41) is 10.2. The van der Waals surface area contributed by atoms with Crippen molar-refractivity contribution >= 4 is 0 Å². The third-order valence-electron chi connectivity index (χ3n) is 3.18. The van der Waals surface area contributed by atoms with E-state index in [0.717, 1.165) is 22.3 Å². The van der Waals surface area contributed by atoms with Gasteiger partial charge in [-0.1, -0.05) is 0 Å². The van der Waals surface area contributed by atoms with Crippen LogP contribution in [0.5, 0.6) is 5.75 Å². The van der Waals surface area contributed by atoms with Crippen molar-refractivity contribution in [3.63, 3.8) is 0 Å². The molecule has 0 aliphatic heterocycles. The van der Waals surface area contributed by atoms with Crippen molar-refractivity contribution in [3.8, 4) is 5.75 Å². The molecule has 3 heteroatoms. The predicted octanol–water partition coefficient (Wildman–Crippen LogP) is 2.61. The SMILES string of the molecule is COCc1c(C)c(C)c(C)c(COC)c1O. The molecule has 0 fully saturated rings. The van der Waals surface area contributed by atoms with E-state index < -0.39 is 0 Å². The Morgan fingerprint density at radius 3 is 1.50 bits per heavy atom. The molecule has 0 heterocycles. The Kier molecular flexibility index (Phi) is 4.33. The summed E-state index contributed by atoms with van der Waals surface area (Å²) in [6.45, 7) is 6.92. The molecule has 0 aliphatic carbocycles. The molecule has 0 aromatic heterocycles. The standard InChI is InChI=1S/C13H20O3/c1-8-9(2)11(6-15-4)13(14)12(7-16-5)10(8)3/h14H,6-7H2,1-5H3. The van der Waals surface area contributed by atoms with Gasteiger partial charge in [-0.05, 0) is 37.5 Å². The van der Waals surface area contributed by atoms with E-state index in [9.17, 15) is 5.11 Å². The Morgan fingerprint density at radius 2 is 1.19 bits per heavy atom. The lowest BCUT2D eigenvalue weighted by Crippen LogP contribution is -2.03. The van der Waals surface area contributed by atoms with E-state index in [1.807, 2.05) is 13.8 Å². The molecule has 0 saturated heterocycles. The Bertz CT molecular complexity index is 350. The van der Waals surface area contributed by atoms with Crippen LogP contribution in [0.1, 0.15) is 27.8 Å². The van der Waals surface area contributed by atoms with Crippen LogP contribution in [0.3, 0.4) is 0 Å². The molecule has 0 radical (unpaired) electrons. The number of aromatic hydroxyl groups is 1. The summed E-state index contributed by atoms with van der Waals surface area (Å²) in [5.41, 5.74) is 5.10. The zero-order valence-corrected chi connectivity index (χ0v) is 10.7. The van der Waals surface area contributed by atoms with E-state index in [1.165, 1.54) is 5.56 Å². The molecule has 0 atom stereocenters. The quantitative estimate of drug-likeness (QED) is 0.854. The fourth-order valence-electron chi connectivity index (χ4n) is 1.91. The largest absolute Gasteiger partial charge is 0.507 e. The summed E-state index contributed by atoms with van der Waals surface area (Å²) in [6.07, 6.45) is 0. The van der Waals surface area contributed by atoms with E-state index in [0.29, 0.717) is 19.0 Å². The number of hydrogen-bond acceptors (Lipinski definition) is 3. The van der Waals surface area contributed by atoms with Crippen LogP contribution in [0.15, 0.2) is 0 Å². The van der Waals surface area contributed by atoms with Crippen LogP contribution in [0.2, 0.25) is 0 Å². The lowest BCUT2D eigenvalue weighted by atomic mass is 9.93. The molecule has 1 rings (SSSR count). The number of benzene rings is 1. The summed E-state index contributed by atoms with van der Waals surface area (Å²) in [4.78, 5) is 0. The minimum absolute atomic E-state index is 0.310. The van der Waals surface area contributed by atoms with Crippen molar-refractivity contribution in [1.82, 2.24) is 0 Å². The Labute approximate surface area is 97.0 Å². The highest BCUT2D eigenvalue weighted by Gasteiger charge is 2.16. The summed E-state index contributed by atoms with van der Waals surface area (Å²) >= 11 is 0. The van der Waals surface area contributed by atoms with Gasteiger partial charge in [0.15, 0.2) is 0 Å². The van der Waals surface area contributed by atoms with E-state index in [4.69, 9.17) is 9.47 Å². The second-order valence-electron chi connectivity index (χ2n) is 4.05. The van der Waals surface area contributed by atoms with Crippen molar-refractivity contribution in [2.24, 2.45) is 0 Å². The topological polar surface area (TPSA) is 38.7 Å². The van der Waals surface area contributed by atoms with Crippen LogP contribution in [0, 0.1) is 20.8 Å². The molecule has 0 saturated carbocycles. The maximum absolute atomic E-state index is 10.2. The number of phenolic OH excluding ortho intramolecular Hbond substituents is 1. The van der Waals surface area contributed by atoms with E-state index in [-0.39, 0.29) is 0 Å². The van der Waals surface area contributed by atoms with Gasteiger partial charge in [-0.15, -0.1) is 0 Å². The van der Waals surface area contributed by atoms with E-state index in [1.54, 1.807) is 14.2 Å². The Balaban J connectivity index is 3.39. The minimum atomic E-state index is 0.310. The molecule has 0 unspecified atom stereocenters. The maximum atomic E-state index is 10.2.